The van der Waals surface area contributed by atoms with Gasteiger partial charge in [-0.15, -0.1) is 0 Å². The topological polar surface area (TPSA) is 26.3 Å². The highest BCUT2D eigenvalue weighted by Gasteiger charge is 2.09. The van der Waals surface area contributed by atoms with E-state index in [1.165, 1.54) is 103 Å². The number of rotatable bonds is 21. The Balaban J connectivity index is 3.10. The lowest BCUT2D eigenvalue weighted by molar-refractivity contribution is -0.143. The normalized spacial score (nSPS) is 12.3. The van der Waals surface area contributed by atoms with Crippen LogP contribution in [0, 0.1) is 0 Å². The predicted octanol–water partition coefficient (Wildman–Crippen LogP) is 8.78. The van der Waals surface area contributed by atoms with E-state index in [0.717, 1.165) is 12.8 Å². The van der Waals surface area contributed by atoms with Gasteiger partial charge in [-0.1, -0.05) is 139 Å². The molecule has 2 nitrogen and oxygen atoms in total. The van der Waals surface area contributed by atoms with Crippen LogP contribution in [0.15, 0.2) is 0 Å². The molecule has 0 amide bonds. The summed E-state index contributed by atoms with van der Waals surface area (Å²) in [7, 11) is 0. The van der Waals surface area contributed by atoms with Crippen LogP contribution in [-0.4, -0.2) is 16.5 Å². The lowest BCUT2D eigenvalue weighted by Gasteiger charge is -2.07. The maximum Gasteiger partial charge on any atom is 0.306 e. The van der Waals surface area contributed by atoms with Gasteiger partial charge in [0.25, 0.3) is 0 Å². The summed E-state index contributed by atoms with van der Waals surface area (Å²) < 4.78 is 5.72. The van der Waals surface area contributed by atoms with Gasteiger partial charge in [-0.2, -0.15) is 0 Å². The van der Waals surface area contributed by atoms with Gasteiger partial charge >= 0.3 is 5.97 Å². The first-order valence-electron chi connectivity index (χ1n) is 12.0. The van der Waals surface area contributed by atoms with E-state index in [1.807, 2.05) is 0 Å². The van der Waals surface area contributed by atoms with Crippen molar-refractivity contribution in [2.45, 2.75) is 140 Å². The fourth-order valence-electron chi connectivity index (χ4n) is 3.40. The zero-order valence-electron chi connectivity index (χ0n) is 18.4. The minimum atomic E-state index is -0.0206. The van der Waals surface area contributed by atoms with Gasteiger partial charge < -0.3 is 4.74 Å². The smallest absolute Gasteiger partial charge is 0.306 e. The molecule has 27 heavy (non-hydrogen) atoms. The molecule has 0 rings (SSSR count). The molecule has 0 aromatic heterocycles. The molecule has 0 heterocycles. The van der Waals surface area contributed by atoms with Crippen molar-refractivity contribution in [1.29, 1.82) is 0 Å². The van der Waals surface area contributed by atoms with Crippen molar-refractivity contribution in [2.24, 2.45) is 0 Å². The second-order valence-corrected chi connectivity index (χ2v) is 9.85. The third-order valence-corrected chi connectivity index (χ3v) is 6.66. The molecule has 0 spiro atoms. The van der Waals surface area contributed by atoms with Gasteiger partial charge in [0.1, 0.15) is 0 Å². The summed E-state index contributed by atoms with van der Waals surface area (Å²) in [5, 5.41) is 0. The second-order valence-electron chi connectivity index (χ2n) is 8.09. The summed E-state index contributed by atoms with van der Waals surface area (Å²) in [4.78, 5) is 11.6. The molecular formula is C24H47IO2. The average molecular weight is 495 g/mol. The number of alkyl halides is 1. The zero-order chi connectivity index (χ0) is 20.0. The minimum absolute atomic E-state index is 0.0206. The van der Waals surface area contributed by atoms with Gasteiger partial charge in [0.2, 0.25) is 0 Å². The van der Waals surface area contributed by atoms with E-state index in [0.29, 0.717) is 17.0 Å². The lowest BCUT2D eigenvalue weighted by atomic mass is 10.0. The summed E-state index contributed by atoms with van der Waals surface area (Å²) in [6.45, 7) is 5.01. The van der Waals surface area contributed by atoms with Crippen LogP contribution >= 0.6 is 22.6 Å². The Labute approximate surface area is 184 Å². The monoisotopic (exact) mass is 494 g/mol. The molecule has 162 valence electrons. The molecule has 0 aromatic rings. The Morgan fingerprint density at radius 1 is 0.667 bits per heavy atom. The highest BCUT2D eigenvalue weighted by Crippen LogP contribution is 2.14. The van der Waals surface area contributed by atoms with Crippen molar-refractivity contribution < 1.29 is 9.53 Å². The van der Waals surface area contributed by atoms with Gasteiger partial charge in [0.15, 0.2) is 0 Å². The van der Waals surface area contributed by atoms with Crippen molar-refractivity contribution in [1.82, 2.24) is 0 Å². The van der Waals surface area contributed by atoms with Crippen LogP contribution in [0.25, 0.3) is 0 Å². The quantitative estimate of drug-likeness (QED) is 0.0690. The molecule has 3 heteroatoms. The number of carbonyl (C=O) groups excluding carboxylic acids is 1. The first-order valence-corrected chi connectivity index (χ1v) is 13.2. The van der Waals surface area contributed by atoms with Gasteiger partial charge in [0, 0.05) is 3.92 Å². The predicted molar refractivity (Wildman–Crippen MR) is 128 cm³/mol. The van der Waals surface area contributed by atoms with E-state index < -0.39 is 0 Å². The highest BCUT2D eigenvalue weighted by molar-refractivity contribution is 14.1. The summed E-state index contributed by atoms with van der Waals surface area (Å²) in [5.41, 5.74) is 0. The third kappa shape index (κ3) is 22.4. The van der Waals surface area contributed by atoms with E-state index in [2.05, 4.69) is 36.4 Å². The number of ether oxygens (including phenoxy) is 1. The average Bonchev–Trinajstić information content (AvgIpc) is 2.66. The standard InChI is InChI=1S/C24H47IO2/c1-3-5-6-7-8-9-10-11-12-13-14-15-16-17-18-19-20-21-27-24(26)22-23(25)4-2/h23H,3-22H2,1-2H3. The van der Waals surface area contributed by atoms with Gasteiger partial charge in [0.05, 0.1) is 13.0 Å². The molecular weight excluding hydrogens is 447 g/mol. The molecule has 0 aliphatic heterocycles. The van der Waals surface area contributed by atoms with Crippen molar-refractivity contribution in [2.75, 3.05) is 6.61 Å². The van der Waals surface area contributed by atoms with Gasteiger partial charge in [-0.05, 0) is 12.8 Å². The Hall–Kier alpha value is 0.200. The fourth-order valence-corrected chi connectivity index (χ4v) is 3.76. The summed E-state index contributed by atoms with van der Waals surface area (Å²) in [5.74, 6) is -0.0206. The molecule has 1 unspecified atom stereocenters. The highest BCUT2D eigenvalue weighted by atomic mass is 127. The Bertz CT molecular complexity index is 307. The first-order chi connectivity index (χ1) is 13.2. The lowest BCUT2D eigenvalue weighted by Crippen LogP contribution is -2.11. The SMILES string of the molecule is CCCCCCCCCCCCCCCCCCCOC(=O)CC(I)CC. The second kappa shape index (κ2) is 22.5. The number of halogens is 1. The number of carbonyl (C=O) groups is 1. The molecule has 0 fully saturated rings. The van der Waals surface area contributed by atoms with Crippen molar-refractivity contribution in [3.05, 3.63) is 0 Å². The van der Waals surface area contributed by atoms with Crippen LogP contribution in [-0.2, 0) is 9.53 Å². The molecule has 0 aliphatic rings. The Morgan fingerprint density at radius 3 is 1.41 bits per heavy atom. The summed E-state index contributed by atoms with van der Waals surface area (Å²) in [6, 6.07) is 0. The first kappa shape index (κ1) is 27.2. The molecule has 0 saturated heterocycles. The van der Waals surface area contributed by atoms with Crippen LogP contribution in [0.3, 0.4) is 0 Å². The summed E-state index contributed by atoms with van der Waals surface area (Å²) >= 11 is 2.33. The van der Waals surface area contributed by atoms with E-state index in [4.69, 9.17) is 4.74 Å². The number of hydrogen-bond donors (Lipinski definition) is 0. The molecule has 1 atom stereocenters. The van der Waals surface area contributed by atoms with Gasteiger partial charge in [-0.3, -0.25) is 4.79 Å². The number of esters is 1. The van der Waals surface area contributed by atoms with Crippen LogP contribution in [0.4, 0.5) is 0 Å². The number of unbranched alkanes of at least 4 members (excludes halogenated alkanes) is 16. The molecule has 0 aliphatic carbocycles. The molecule has 0 bridgehead atoms. The molecule has 0 radical (unpaired) electrons. The number of hydrogen-bond acceptors (Lipinski definition) is 2. The maximum atomic E-state index is 11.6. The van der Waals surface area contributed by atoms with Crippen molar-refractivity contribution in [3.63, 3.8) is 0 Å². The third-order valence-electron chi connectivity index (χ3n) is 5.34. The van der Waals surface area contributed by atoms with E-state index in [9.17, 15) is 4.79 Å². The molecule has 0 saturated carbocycles. The van der Waals surface area contributed by atoms with Crippen LogP contribution < -0.4 is 0 Å². The fraction of sp³-hybridized carbons (Fsp3) is 0.958. The summed E-state index contributed by atoms with van der Waals surface area (Å²) in [6.07, 6.45) is 25.0. The van der Waals surface area contributed by atoms with E-state index in [-0.39, 0.29) is 5.97 Å². The van der Waals surface area contributed by atoms with Crippen LogP contribution in [0.2, 0.25) is 0 Å². The largest absolute Gasteiger partial charge is 0.466 e. The maximum absolute atomic E-state index is 11.6. The Morgan fingerprint density at radius 2 is 1.04 bits per heavy atom. The van der Waals surface area contributed by atoms with E-state index >= 15 is 0 Å². The Kier molecular flexibility index (Phi) is 22.7. The van der Waals surface area contributed by atoms with Gasteiger partial charge in [-0.25, -0.2) is 0 Å². The van der Waals surface area contributed by atoms with Crippen molar-refractivity contribution >= 4 is 28.6 Å². The molecule has 0 N–H and O–H groups in total. The zero-order valence-corrected chi connectivity index (χ0v) is 20.6. The molecule has 0 aromatic carbocycles. The van der Waals surface area contributed by atoms with E-state index in [1.54, 1.807) is 0 Å². The van der Waals surface area contributed by atoms with Crippen molar-refractivity contribution in [3.8, 4) is 0 Å². The van der Waals surface area contributed by atoms with Crippen LogP contribution in [0.5, 0.6) is 0 Å². The minimum Gasteiger partial charge on any atom is -0.466 e. The van der Waals surface area contributed by atoms with Crippen LogP contribution in [0.1, 0.15) is 136 Å².